The topological polar surface area (TPSA) is 25.8 Å². The molecule has 0 aromatic carbocycles. The molecule has 0 radical (unpaired) electrons. The van der Waals surface area contributed by atoms with E-state index in [9.17, 15) is 0 Å². The maximum absolute atomic E-state index is 6.08. The van der Waals surface area contributed by atoms with Crippen molar-refractivity contribution < 1.29 is 0 Å². The molecule has 0 N–H and O–H groups in total. The van der Waals surface area contributed by atoms with E-state index in [-0.39, 0.29) is 0 Å². The number of hydrogen-bond donors (Lipinski definition) is 0. The van der Waals surface area contributed by atoms with Crippen molar-refractivity contribution >= 4 is 23.2 Å². The zero-order chi connectivity index (χ0) is 13.3. The summed E-state index contributed by atoms with van der Waals surface area (Å²) in [5.74, 6) is 2.88. The zero-order valence-corrected chi connectivity index (χ0v) is 12.7. The van der Waals surface area contributed by atoms with Crippen LogP contribution in [0.2, 0.25) is 10.3 Å². The molecule has 2 rings (SSSR count). The molecule has 0 amide bonds. The van der Waals surface area contributed by atoms with Gasteiger partial charge >= 0.3 is 0 Å². The van der Waals surface area contributed by atoms with Crippen LogP contribution in [0.25, 0.3) is 0 Å². The van der Waals surface area contributed by atoms with E-state index >= 15 is 0 Å². The fourth-order valence-electron chi connectivity index (χ4n) is 2.71. The van der Waals surface area contributed by atoms with Crippen LogP contribution in [0.4, 0.5) is 0 Å². The van der Waals surface area contributed by atoms with Gasteiger partial charge in [0.2, 0.25) is 0 Å². The van der Waals surface area contributed by atoms with Gasteiger partial charge in [0.25, 0.3) is 0 Å². The van der Waals surface area contributed by atoms with E-state index in [1.807, 2.05) is 6.92 Å². The lowest BCUT2D eigenvalue weighted by molar-refractivity contribution is 0.254. The van der Waals surface area contributed by atoms with Crippen LogP contribution in [-0.2, 0) is 0 Å². The number of rotatable bonds is 2. The second-order valence-corrected chi connectivity index (χ2v) is 6.36. The van der Waals surface area contributed by atoms with E-state index < -0.39 is 0 Å². The summed E-state index contributed by atoms with van der Waals surface area (Å²) in [6.45, 7) is 6.46. The van der Waals surface area contributed by atoms with Crippen LogP contribution in [0.15, 0.2) is 0 Å². The van der Waals surface area contributed by atoms with E-state index in [0.717, 1.165) is 36.1 Å². The monoisotopic (exact) mass is 286 g/mol. The first kappa shape index (κ1) is 14.1. The van der Waals surface area contributed by atoms with Gasteiger partial charge in [0.05, 0.1) is 0 Å². The summed E-state index contributed by atoms with van der Waals surface area (Å²) in [6, 6.07) is 0. The summed E-state index contributed by atoms with van der Waals surface area (Å²) in [7, 11) is 0. The van der Waals surface area contributed by atoms with Crippen LogP contribution in [-0.4, -0.2) is 9.97 Å². The van der Waals surface area contributed by atoms with E-state index in [1.54, 1.807) is 0 Å². The Morgan fingerprint density at radius 2 is 1.50 bits per heavy atom. The Kier molecular flexibility index (Phi) is 4.50. The molecule has 0 bridgehead atoms. The van der Waals surface area contributed by atoms with Crippen molar-refractivity contribution in [2.24, 2.45) is 11.8 Å². The van der Waals surface area contributed by atoms with E-state index in [2.05, 4.69) is 23.8 Å². The normalized spacial score (nSPS) is 24.6. The van der Waals surface area contributed by atoms with Gasteiger partial charge < -0.3 is 0 Å². The van der Waals surface area contributed by atoms with Gasteiger partial charge in [0, 0.05) is 11.5 Å². The van der Waals surface area contributed by atoms with Crippen molar-refractivity contribution in [2.75, 3.05) is 0 Å². The molecule has 1 heterocycles. The van der Waals surface area contributed by atoms with Gasteiger partial charge in [-0.2, -0.15) is 0 Å². The van der Waals surface area contributed by atoms with E-state index in [0.29, 0.717) is 16.2 Å². The minimum Gasteiger partial charge on any atom is -0.221 e. The van der Waals surface area contributed by atoms with E-state index in [4.69, 9.17) is 23.2 Å². The molecule has 0 saturated heterocycles. The van der Waals surface area contributed by atoms with Crippen molar-refractivity contribution in [1.29, 1.82) is 0 Å². The third kappa shape index (κ3) is 2.97. The van der Waals surface area contributed by atoms with Crippen molar-refractivity contribution in [3.63, 3.8) is 0 Å². The number of halogens is 2. The summed E-state index contributed by atoms with van der Waals surface area (Å²) in [4.78, 5) is 8.79. The standard InChI is InChI=1S/C14H20Cl2N2/c1-8(2)10-4-6-11(7-5-10)14-17-12(15)9(3)13(16)18-14/h8,10-11H,4-7H2,1-3H3. The maximum atomic E-state index is 6.08. The van der Waals surface area contributed by atoms with Crippen LogP contribution in [0.3, 0.4) is 0 Å². The molecule has 1 fully saturated rings. The molecule has 100 valence electrons. The van der Waals surface area contributed by atoms with Crippen molar-refractivity contribution in [1.82, 2.24) is 9.97 Å². The molecule has 1 aromatic heterocycles. The van der Waals surface area contributed by atoms with Crippen LogP contribution >= 0.6 is 23.2 Å². The highest BCUT2D eigenvalue weighted by molar-refractivity contribution is 6.34. The summed E-state index contributed by atoms with van der Waals surface area (Å²) < 4.78 is 0. The smallest absolute Gasteiger partial charge is 0.137 e. The maximum Gasteiger partial charge on any atom is 0.137 e. The first-order chi connectivity index (χ1) is 8.49. The highest BCUT2D eigenvalue weighted by Gasteiger charge is 2.26. The first-order valence-corrected chi connectivity index (χ1v) is 7.44. The Balaban J connectivity index is 2.10. The molecule has 0 unspecified atom stereocenters. The number of hydrogen-bond acceptors (Lipinski definition) is 2. The fraction of sp³-hybridized carbons (Fsp3) is 0.714. The number of aromatic nitrogens is 2. The van der Waals surface area contributed by atoms with Crippen LogP contribution in [0.1, 0.15) is 56.8 Å². The molecule has 0 atom stereocenters. The third-order valence-electron chi connectivity index (χ3n) is 4.12. The molecular weight excluding hydrogens is 267 g/mol. The average Bonchev–Trinajstić information content (AvgIpc) is 2.35. The van der Waals surface area contributed by atoms with Crippen molar-refractivity contribution in [2.45, 2.75) is 52.4 Å². The largest absolute Gasteiger partial charge is 0.221 e. The van der Waals surface area contributed by atoms with Crippen molar-refractivity contribution in [3.05, 3.63) is 21.7 Å². The van der Waals surface area contributed by atoms with Gasteiger partial charge in [-0.15, -0.1) is 0 Å². The Morgan fingerprint density at radius 3 is 1.94 bits per heavy atom. The second-order valence-electron chi connectivity index (χ2n) is 5.64. The van der Waals surface area contributed by atoms with E-state index in [1.165, 1.54) is 12.8 Å². The van der Waals surface area contributed by atoms with Gasteiger partial charge in [0.1, 0.15) is 16.1 Å². The molecule has 18 heavy (non-hydrogen) atoms. The molecule has 1 aliphatic rings. The zero-order valence-electron chi connectivity index (χ0n) is 11.2. The predicted molar refractivity (Wildman–Crippen MR) is 76.3 cm³/mol. The Bertz CT molecular complexity index is 401. The van der Waals surface area contributed by atoms with Crippen LogP contribution in [0.5, 0.6) is 0 Å². The molecule has 1 aliphatic carbocycles. The van der Waals surface area contributed by atoms with Gasteiger partial charge in [-0.1, -0.05) is 37.0 Å². The molecule has 1 aromatic rings. The lowest BCUT2D eigenvalue weighted by Gasteiger charge is -2.30. The highest BCUT2D eigenvalue weighted by Crippen LogP contribution is 2.38. The lowest BCUT2D eigenvalue weighted by Crippen LogP contribution is -2.19. The summed E-state index contributed by atoms with van der Waals surface area (Å²) in [5.41, 5.74) is 0.776. The number of nitrogens with zero attached hydrogens (tertiary/aromatic N) is 2. The summed E-state index contributed by atoms with van der Waals surface area (Å²) in [6.07, 6.45) is 4.82. The van der Waals surface area contributed by atoms with Crippen LogP contribution < -0.4 is 0 Å². The second kappa shape index (κ2) is 5.75. The predicted octanol–water partition coefficient (Wildman–Crippen LogP) is 5.02. The molecule has 4 heteroatoms. The molecule has 1 saturated carbocycles. The average molecular weight is 287 g/mol. The van der Waals surface area contributed by atoms with Gasteiger partial charge in [-0.25, -0.2) is 9.97 Å². The molecule has 0 spiro atoms. The van der Waals surface area contributed by atoms with Gasteiger partial charge in [-0.05, 0) is 44.4 Å². The Morgan fingerprint density at radius 1 is 1.00 bits per heavy atom. The fourth-order valence-corrected chi connectivity index (χ4v) is 3.11. The SMILES string of the molecule is Cc1c(Cl)nc(C2CCC(C(C)C)CC2)nc1Cl. The van der Waals surface area contributed by atoms with Crippen LogP contribution in [0, 0.1) is 18.8 Å². The Labute approximate surface area is 119 Å². The summed E-state index contributed by atoms with van der Waals surface area (Å²) >= 11 is 12.2. The first-order valence-electron chi connectivity index (χ1n) is 6.68. The molecular formula is C14H20Cl2N2. The minimum atomic E-state index is 0.426. The van der Waals surface area contributed by atoms with Gasteiger partial charge in [0.15, 0.2) is 0 Å². The molecule has 0 aliphatic heterocycles. The van der Waals surface area contributed by atoms with Gasteiger partial charge in [-0.3, -0.25) is 0 Å². The lowest BCUT2D eigenvalue weighted by atomic mass is 9.77. The quantitative estimate of drug-likeness (QED) is 0.713. The van der Waals surface area contributed by atoms with Crippen molar-refractivity contribution in [3.8, 4) is 0 Å². The summed E-state index contributed by atoms with van der Waals surface area (Å²) in [5, 5.41) is 0.993. The highest BCUT2D eigenvalue weighted by atomic mass is 35.5. The molecule has 2 nitrogen and oxygen atoms in total. The third-order valence-corrected chi connectivity index (χ3v) is 4.86. The Hall–Kier alpha value is -0.340. The minimum absolute atomic E-state index is 0.426.